The lowest BCUT2D eigenvalue weighted by Gasteiger charge is -2.03. The van der Waals surface area contributed by atoms with E-state index in [9.17, 15) is 0 Å². The normalized spacial score (nSPS) is 8.73. The zero-order chi connectivity index (χ0) is 8.27. The molecular weight excluding hydrogens is 142 g/mol. The molecule has 0 radical (unpaired) electrons. The van der Waals surface area contributed by atoms with Gasteiger partial charge in [0.25, 0.3) is 0 Å². The third-order valence-electron chi connectivity index (χ3n) is 1.35. The van der Waals surface area contributed by atoms with E-state index >= 15 is 0 Å². The summed E-state index contributed by atoms with van der Waals surface area (Å²) in [6.07, 6.45) is 0. The zero-order valence-electron chi connectivity index (χ0n) is 5.70. The van der Waals surface area contributed by atoms with Gasteiger partial charge in [0.1, 0.15) is 6.07 Å². The molecule has 0 saturated heterocycles. The Morgan fingerprint density at radius 3 is 2.82 bits per heavy atom. The number of nitrogen functional groups attached to an aromatic ring is 1. The second-order valence-corrected chi connectivity index (χ2v) is 1.99. The van der Waals surface area contributed by atoms with Crippen LogP contribution in [0, 0.1) is 11.3 Å². The average Bonchev–Trinajstić information content (AvgIpc) is 2.05. The summed E-state index contributed by atoms with van der Waals surface area (Å²) in [5.74, 6) is 0. The average molecular weight is 149 g/mol. The topological polar surface area (TPSA) is 82.1 Å². The number of hydrogen-bond acceptors (Lipinski definition) is 4. The van der Waals surface area contributed by atoms with Gasteiger partial charge in [-0.2, -0.15) is 5.26 Å². The zero-order valence-corrected chi connectivity index (χ0v) is 5.70. The van der Waals surface area contributed by atoms with Crippen LogP contribution < -0.4 is 11.2 Å². The molecule has 1 aromatic rings. The molecule has 1 aromatic carbocycles. The van der Waals surface area contributed by atoms with Gasteiger partial charge in [-0.1, -0.05) is 6.07 Å². The molecule has 4 nitrogen and oxygen atoms in total. The van der Waals surface area contributed by atoms with Gasteiger partial charge in [-0.3, -0.25) is 10.7 Å². The number of nitrogens with two attached hydrogens (primary N) is 1. The highest BCUT2D eigenvalue weighted by molar-refractivity contribution is 5.71. The minimum absolute atomic E-state index is 0.262. The molecule has 4 N–H and O–H groups in total. The van der Waals surface area contributed by atoms with Gasteiger partial charge in [0.15, 0.2) is 0 Å². The van der Waals surface area contributed by atoms with Crippen LogP contribution in [0.3, 0.4) is 0 Å². The molecule has 0 atom stereocenters. The van der Waals surface area contributed by atoms with Crippen LogP contribution in [0.4, 0.5) is 11.4 Å². The third-order valence-corrected chi connectivity index (χ3v) is 1.35. The van der Waals surface area contributed by atoms with Crippen molar-refractivity contribution >= 4 is 11.4 Å². The maximum Gasteiger partial charge on any atom is 0.101 e. The summed E-state index contributed by atoms with van der Waals surface area (Å²) in [6, 6.07) is 6.69. The fraction of sp³-hybridized carbons (Fsp3) is 0. The predicted octanol–water partition coefficient (Wildman–Crippen LogP) is 0.942. The Labute approximate surface area is 63.8 Å². The fourth-order valence-electron chi connectivity index (χ4n) is 0.760. The van der Waals surface area contributed by atoms with Crippen LogP contribution in [0.5, 0.6) is 0 Å². The molecule has 0 amide bonds. The first-order chi connectivity index (χ1) is 5.29. The van der Waals surface area contributed by atoms with Crippen molar-refractivity contribution in [1.29, 1.82) is 5.26 Å². The Balaban J connectivity index is 3.23. The number of para-hydroxylation sites is 1. The van der Waals surface area contributed by atoms with Gasteiger partial charge in [-0.15, -0.1) is 0 Å². The highest BCUT2D eigenvalue weighted by Gasteiger charge is 2.01. The van der Waals surface area contributed by atoms with E-state index in [-0.39, 0.29) is 5.69 Å². The summed E-state index contributed by atoms with van der Waals surface area (Å²) in [5.41, 5.74) is 8.32. The number of nitrogens with zero attached hydrogens (tertiary/aromatic N) is 1. The quantitative estimate of drug-likeness (QED) is 0.410. The Morgan fingerprint density at radius 1 is 1.55 bits per heavy atom. The first-order valence-electron chi connectivity index (χ1n) is 2.98. The van der Waals surface area contributed by atoms with Crippen LogP contribution in [0.2, 0.25) is 0 Å². The van der Waals surface area contributed by atoms with E-state index in [4.69, 9.17) is 16.2 Å². The predicted molar refractivity (Wildman–Crippen MR) is 41.0 cm³/mol. The number of benzene rings is 1. The van der Waals surface area contributed by atoms with E-state index in [0.717, 1.165) is 0 Å². The lowest BCUT2D eigenvalue weighted by molar-refractivity contribution is 0.389. The van der Waals surface area contributed by atoms with Gasteiger partial charge in [0.05, 0.1) is 16.9 Å². The van der Waals surface area contributed by atoms with Crippen LogP contribution in [0.15, 0.2) is 18.2 Å². The van der Waals surface area contributed by atoms with Gasteiger partial charge in [0, 0.05) is 0 Å². The Kier molecular flexibility index (Phi) is 1.95. The Hall–Kier alpha value is -1.73. The van der Waals surface area contributed by atoms with Gasteiger partial charge >= 0.3 is 0 Å². The van der Waals surface area contributed by atoms with Crippen molar-refractivity contribution in [2.75, 3.05) is 11.2 Å². The molecule has 0 spiro atoms. The van der Waals surface area contributed by atoms with Crippen molar-refractivity contribution in [3.05, 3.63) is 23.8 Å². The van der Waals surface area contributed by atoms with Crippen LogP contribution >= 0.6 is 0 Å². The van der Waals surface area contributed by atoms with Crippen LogP contribution in [-0.2, 0) is 0 Å². The number of hydrogen-bond donors (Lipinski definition) is 3. The molecule has 0 aromatic heterocycles. The molecule has 56 valence electrons. The lowest BCUT2D eigenvalue weighted by atomic mass is 10.2. The second-order valence-electron chi connectivity index (χ2n) is 1.99. The highest BCUT2D eigenvalue weighted by atomic mass is 16.5. The van der Waals surface area contributed by atoms with Crippen LogP contribution in [-0.4, -0.2) is 5.21 Å². The van der Waals surface area contributed by atoms with Crippen molar-refractivity contribution in [3.63, 3.8) is 0 Å². The number of anilines is 2. The molecule has 1 rings (SSSR count). The Bertz CT molecular complexity index is 303. The molecular formula is C7H7N3O. The summed E-state index contributed by atoms with van der Waals surface area (Å²) in [6.45, 7) is 0. The molecule has 11 heavy (non-hydrogen) atoms. The summed E-state index contributed by atoms with van der Waals surface area (Å²) < 4.78 is 0. The summed E-state index contributed by atoms with van der Waals surface area (Å²) in [7, 11) is 0. The first-order valence-corrected chi connectivity index (χ1v) is 2.98. The molecule has 0 heterocycles. The maximum atomic E-state index is 8.50. The lowest BCUT2D eigenvalue weighted by Crippen LogP contribution is -1.98. The minimum Gasteiger partial charge on any atom is -0.396 e. The number of nitrogens with one attached hydrogen (secondary N) is 1. The smallest absolute Gasteiger partial charge is 0.101 e. The molecule has 0 saturated carbocycles. The van der Waals surface area contributed by atoms with Crippen LogP contribution in [0.25, 0.3) is 0 Å². The largest absolute Gasteiger partial charge is 0.396 e. The van der Waals surface area contributed by atoms with E-state index < -0.39 is 0 Å². The second kappa shape index (κ2) is 2.90. The SMILES string of the molecule is N#Cc1cccc(NO)c1N. The van der Waals surface area contributed by atoms with E-state index in [1.54, 1.807) is 18.2 Å². The fourth-order valence-corrected chi connectivity index (χ4v) is 0.760. The minimum atomic E-state index is 0.262. The molecule has 0 unspecified atom stereocenters. The number of nitriles is 1. The van der Waals surface area contributed by atoms with Crippen molar-refractivity contribution in [2.24, 2.45) is 0 Å². The highest BCUT2D eigenvalue weighted by Crippen LogP contribution is 2.20. The summed E-state index contributed by atoms with van der Waals surface area (Å²) >= 11 is 0. The monoisotopic (exact) mass is 149 g/mol. The van der Waals surface area contributed by atoms with E-state index in [2.05, 4.69) is 0 Å². The van der Waals surface area contributed by atoms with Crippen LogP contribution in [0.1, 0.15) is 5.56 Å². The Morgan fingerprint density at radius 2 is 2.27 bits per heavy atom. The van der Waals surface area contributed by atoms with Crippen molar-refractivity contribution < 1.29 is 5.21 Å². The van der Waals surface area contributed by atoms with E-state index in [1.165, 1.54) is 0 Å². The molecule has 0 aliphatic heterocycles. The van der Waals surface area contributed by atoms with E-state index in [1.807, 2.05) is 11.5 Å². The molecule has 0 fully saturated rings. The summed E-state index contributed by atoms with van der Waals surface area (Å²) in [4.78, 5) is 0. The molecule has 0 aliphatic rings. The third kappa shape index (κ3) is 1.23. The molecule has 4 heteroatoms. The maximum absolute atomic E-state index is 8.50. The van der Waals surface area contributed by atoms with Gasteiger partial charge in [-0.25, -0.2) is 0 Å². The molecule has 0 bridgehead atoms. The summed E-state index contributed by atoms with van der Waals surface area (Å²) in [5, 5.41) is 17.0. The van der Waals surface area contributed by atoms with Crippen molar-refractivity contribution in [2.45, 2.75) is 0 Å². The standard InChI is InChI=1S/C7H7N3O/c8-4-5-2-1-3-6(10-11)7(5)9/h1-3,10-11H,9H2. The molecule has 0 aliphatic carbocycles. The van der Waals surface area contributed by atoms with Crippen molar-refractivity contribution in [3.8, 4) is 6.07 Å². The van der Waals surface area contributed by atoms with Gasteiger partial charge < -0.3 is 5.73 Å². The first kappa shape index (κ1) is 7.38. The van der Waals surface area contributed by atoms with E-state index in [0.29, 0.717) is 11.3 Å². The number of rotatable bonds is 1. The van der Waals surface area contributed by atoms with Gasteiger partial charge in [0.2, 0.25) is 0 Å². The van der Waals surface area contributed by atoms with Gasteiger partial charge in [-0.05, 0) is 12.1 Å². The van der Waals surface area contributed by atoms with Crippen molar-refractivity contribution in [1.82, 2.24) is 0 Å².